The topological polar surface area (TPSA) is 109 Å². The van der Waals surface area contributed by atoms with Gasteiger partial charge in [0.05, 0.1) is 42.7 Å². The molecule has 1 aliphatic heterocycles. The Morgan fingerprint density at radius 1 is 1.16 bits per heavy atom. The first-order valence-corrected chi connectivity index (χ1v) is 12.9. The number of aromatic hydroxyl groups is 1. The molecule has 4 rings (SSSR count). The highest BCUT2D eigenvalue weighted by molar-refractivity contribution is 7.07. The Kier molecular flexibility index (Phi) is 7.91. The van der Waals surface area contributed by atoms with Gasteiger partial charge in [-0.15, -0.1) is 0 Å². The molecule has 0 saturated carbocycles. The molecule has 3 aromatic rings. The van der Waals surface area contributed by atoms with Crippen LogP contribution in [0.2, 0.25) is 0 Å². The second-order valence-corrected chi connectivity index (χ2v) is 9.79. The molecule has 9 nitrogen and oxygen atoms in total. The fraction of sp³-hybridized carbons (Fsp3) is 0.321. The third kappa shape index (κ3) is 5.04. The van der Waals surface area contributed by atoms with E-state index in [0.717, 1.165) is 0 Å². The van der Waals surface area contributed by atoms with E-state index < -0.39 is 12.0 Å². The maximum absolute atomic E-state index is 13.9. The Hall–Kier alpha value is -4.05. The standard InChI is InChI=1S/C28H30N2O7S/c1-7-36-27(33)23-16(4)29-28-30(24(23)18-10-8-9-11-19(18)37-15(2)3)26(32)22(38-28)14-17-12-20(34-5)25(31)21(13-17)35-6/h8-15,24,31H,7H2,1-6H3/b22-14+/t24-/m0/s1. The number of rotatable bonds is 8. The molecule has 1 N–H and O–H groups in total. The molecule has 0 unspecified atom stereocenters. The number of para-hydroxylation sites is 1. The minimum absolute atomic E-state index is 0.123. The lowest BCUT2D eigenvalue weighted by atomic mass is 9.95. The molecule has 2 aromatic carbocycles. The first-order valence-electron chi connectivity index (χ1n) is 12.1. The van der Waals surface area contributed by atoms with Crippen molar-refractivity contribution < 1.29 is 28.8 Å². The number of ether oxygens (including phenoxy) is 4. The number of phenolic OH excluding ortho intramolecular Hbond substituents is 1. The van der Waals surface area contributed by atoms with E-state index in [1.54, 1.807) is 32.1 Å². The molecular formula is C28H30N2O7S. The third-order valence-corrected chi connectivity index (χ3v) is 6.88. The van der Waals surface area contributed by atoms with Crippen molar-refractivity contribution in [1.82, 2.24) is 4.57 Å². The molecular weight excluding hydrogens is 508 g/mol. The number of hydrogen-bond acceptors (Lipinski definition) is 9. The van der Waals surface area contributed by atoms with E-state index in [-0.39, 0.29) is 41.1 Å². The zero-order valence-electron chi connectivity index (χ0n) is 22.1. The molecule has 0 bridgehead atoms. The number of nitrogens with zero attached hydrogens (tertiary/aromatic N) is 2. The number of carbonyl (C=O) groups is 1. The van der Waals surface area contributed by atoms with Gasteiger partial charge in [-0.25, -0.2) is 9.79 Å². The van der Waals surface area contributed by atoms with Crippen molar-refractivity contribution in [2.24, 2.45) is 4.99 Å². The summed E-state index contributed by atoms with van der Waals surface area (Å²) in [5.74, 6) is 0.306. The first-order chi connectivity index (χ1) is 18.2. The van der Waals surface area contributed by atoms with Gasteiger partial charge in [0.15, 0.2) is 16.3 Å². The van der Waals surface area contributed by atoms with E-state index in [1.807, 2.05) is 38.1 Å². The normalized spacial score (nSPS) is 15.2. The summed E-state index contributed by atoms with van der Waals surface area (Å²) in [4.78, 5) is 32.1. The minimum atomic E-state index is -0.800. The van der Waals surface area contributed by atoms with E-state index in [2.05, 4.69) is 4.99 Å². The Labute approximate surface area is 223 Å². The fourth-order valence-corrected chi connectivity index (χ4v) is 5.35. The number of aromatic nitrogens is 1. The lowest BCUT2D eigenvalue weighted by molar-refractivity contribution is -0.139. The Morgan fingerprint density at radius 2 is 1.82 bits per heavy atom. The summed E-state index contributed by atoms with van der Waals surface area (Å²) in [5, 5.41) is 10.3. The van der Waals surface area contributed by atoms with Crippen LogP contribution in [-0.4, -0.2) is 42.6 Å². The average Bonchev–Trinajstić information content (AvgIpc) is 3.18. The number of allylic oxidation sites excluding steroid dienone is 1. The summed E-state index contributed by atoms with van der Waals surface area (Å²) in [7, 11) is 2.87. The molecule has 0 aliphatic carbocycles. The Bertz CT molecular complexity index is 1560. The number of thiazole rings is 1. The van der Waals surface area contributed by atoms with Crippen LogP contribution in [0.4, 0.5) is 0 Å². The van der Waals surface area contributed by atoms with Gasteiger partial charge < -0.3 is 24.1 Å². The molecule has 200 valence electrons. The maximum atomic E-state index is 13.9. The van der Waals surface area contributed by atoms with Crippen molar-refractivity contribution in [3.63, 3.8) is 0 Å². The third-order valence-electron chi connectivity index (χ3n) is 5.89. The van der Waals surface area contributed by atoms with Gasteiger partial charge in [0, 0.05) is 5.56 Å². The number of benzene rings is 2. The largest absolute Gasteiger partial charge is 0.502 e. The molecule has 0 saturated heterocycles. The highest BCUT2D eigenvalue weighted by Gasteiger charge is 2.35. The first kappa shape index (κ1) is 27.0. The van der Waals surface area contributed by atoms with Crippen LogP contribution < -0.4 is 29.1 Å². The smallest absolute Gasteiger partial charge is 0.338 e. The van der Waals surface area contributed by atoms with Gasteiger partial charge in [-0.1, -0.05) is 29.5 Å². The monoisotopic (exact) mass is 538 g/mol. The number of hydrogen-bond donors (Lipinski definition) is 1. The van der Waals surface area contributed by atoms with E-state index in [1.165, 1.54) is 30.1 Å². The van der Waals surface area contributed by atoms with Gasteiger partial charge in [-0.2, -0.15) is 0 Å². The zero-order valence-corrected chi connectivity index (χ0v) is 22.9. The minimum Gasteiger partial charge on any atom is -0.502 e. The summed E-state index contributed by atoms with van der Waals surface area (Å²) in [5.41, 5.74) is 1.65. The average molecular weight is 539 g/mol. The molecule has 2 heterocycles. The second-order valence-electron chi connectivity index (χ2n) is 8.78. The summed E-state index contributed by atoms with van der Waals surface area (Å²) < 4.78 is 23.8. The van der Waals surface area contributed by atoms with Crippen molar-refractivity contribution in [1.29, 1.82) is 0 Å². The summed E-state index contributed by atoms with van der Waals surface area (Å²) >= 11 is 1.19. The van der Waals surface area contributed by atoms with Crippen LogP contribution in [0.3, 0.4) is 0 Å². The number of carbonyl (C=O) groups excluding carboxylic acids is 1. The summed E-state index contributed by atoms with van der Waals surface area (Å²) in [6.07, 6.45) is 1.55. The van der Waals surface area contributed by atoms with E-state index in [0.29, 0.717) is 31.9 Å². The quantitative estimate of drug-likeness (QED) is 0.439. The van der Waals surface area contributed by atoms with Crippen LogP contribution in [0.1, 0.15) is 44.9 Å². The highest BCUT2D eigenvalue weighted by Crippen LogP contribution is 2.38. The van der Waals surface area contributed by atoms with Gasteiger partial charge in [0.25, 0.3) is 5.56 Å². The molecule has 0 fully saturated rings. The molecule has 1 aliphatic rings. The maximum Gasteiger partial charge on any atom is 0.338 e. The number of fused-ring (bicyclic) bond motifs is 1. The van der Waals surface area contributed by atoms with Crippen molar-refractivity contribution in [2.45, 2.75) is 39.8 Å². The lowest BCUT2D eigenvalue weighted by Gasteiger charge is -2.26. The van der Waals surface area contributed by atoms with Crippen LogP contribution in [-0.2, 0) is 9.53 Å². The van der Waals surface area contributed by atoms with Crippen LogP contribution in [0.5, 0.6) is 23.0 Å². The number of methoxy groups -OCH3 is 2. The summed E-state index contributed by atoms with van der Waals surface area (Å²) in [6, 6.07) is 9.75. The fourth-order valence-electron chi connectivity index (χ4n) is 4.30. The number of phenols is 1. The predicted octanol–water partition coefficient (Wildman–Crippen LogP) is 3.31. The van der Waals surface area contributed by atoms with Gasteiger partial charge >= 0.3 is 5.97 Å². The van der Waals surface area contributed by atoms with Crippen LogP contribution in [0, 0.1) is 0 Å². The lowest BCUT2D eigenvalue weighted by Crippen LogP contribution is -2.40. The van der Waals surface area contributed by atoms with E-state index in [4.69, 9.17) is 18.9 Å². The highest BCUT2D eigenvalue weighted by atomic mass is 32.1. The zero-order chi connectivity index (χ0) is 27.6. The van der Waals surface area contributed by atoms with Gasteiger partial charge in [-0.05, 0) is 57.5 Å². The molecule has 0 spiro atoms. The second kappa shape index (κ2) is 11.1. The van der Waals surface area contributed by atoms with E-state index in [9.17, 15) is 14.7 Å². The molecule has 0 radical (unpaired) electrons. The van der Waals surface area contributed by atoms with Crippen molar-refractivity contribution in [3.8, 4) is 23.0 Å². The molecule has 10 heteroatoms. The predicted molar refractivity (Wildman–Crippen MR) is 144 cm³/mol. The van der Waals surface area contributed by atoms with E-state index >= 15 is 0 Å². The van der Waals surface area contributed by atoms with Crippen molar-refractivity contribution in [3.05, 3.63) is 78.5 Å². The Balaban J connectivity index is 1.98. The van der Waals surface area contributed by atoms with Gasteiger partial charge in [0.2, 0.25) is 5.75 Å². The van der Waals surface area contributed by atoms with Crippen molar-refractivity contribution in [2.75, 3.05) is 20.8 Å². The Morgan fingerprint density at radius 3 is 2.42 bits per heavy atom. The SMILES string of the molecule is CCOC(=O)C1=C(C)N=c2s/c(=C/c3cc(OC)c(O)c(OC)c3)c(=O)n2[C@H]1c1ccccc1OC(C)C. The van der Waals surface area contributed by atoms with Crippen LogP contribution in [0.15, 0.2) is 57.5 Å². The number of esters is 1. The molecule has 0 amide bonds. The van der Waals surface area contributed by atoms with Crippen LogP contribution >= 0.6 is 11.3 Å². The molecule has 38 heavy (non-hydrogen) atoms. The van der Waals surface area contributed by atoms with Crippen LogP contribution in [0.25, 0.3) is 6.08 Å². The molecule has 1 atom stereocenters. The van der Waals surface area contributed by atoms with Gasteiger partial charge in [-0.3, -0.25) is 9.36 Å². The van der Waals surface area contributed by atoms with Gasteiger partial charge in [0.1, 0.15) is 11.8 Å². The molecule has 1 aromatic heterocycles. The summed E-state index contributed by atoms with van der Waals surface area (Å²) in [6.45, 7) is 7.47. The van der Waals surface area contributed by atoms with Crippen molar-refractivity contribution >= 4 is 23.4 Å².